The van der Waals surface area contributed by atoms with Crippen LogP contribution in [0.5, 0.6) is 0 Å². The van der Waals surface area contributed by atoms with Crippen LogP contribution in [0.3, 0.4) is 0 Å². The fourth-order valence-corrected chi connectivity index (χ4v) is 2.02. The summed E-state index contributed by atoms with van der Waals surface area (Å²) in [6, 6.07) is 21.1. The Labute approximate surface area is 109 Å². The highest BCUT2D eigenvalue weighted by Crippen LogP contribution is 2.09. The fraction of sp³-hybridized carbons (Fsp3) is 0.250. The maximum absolute atomic E-state index is 6.13. The molecule has 0 saturated carbocycles. The standard InChI is InChI=1S/C16H20N2/c1-14(12-15-8-4-2-5-9-15)18(17)13-16-10-6-3-7-11-16/h2-11,14H,12-13,17H2,1H3. The first kappa shape index (κ1) is 12.8. The smallest absolute Gasteiger partial charge is 0.0382 e. The molecule has 2 heteroatoms. The van der Waals surface area contributed by atoms with Crippen molar-refractivity contribution in [2.24, 2.45) is 5.84 Å². The molecule has 2 aromatic rings. The second kappa shape index (κ2) is 6.34. The average Bonchev–Trinajstić information content (AvgIpc) is 2.41. The van der Waals surface area contributed by atoms with Crippen molar-refractivity contribution in [3.63, 3.8) is 0 Å². The molecule has 2 aromatic carbocycles. The Balaban J connectivity index is 1.91. The number of benzene rings is 2. The molecule has 0 saturated heterocycles. The molecule has 0 aliphatic heterocycles. The van der Waals surface area contributed by atoms with Crippen molar-refractivity contribution in [2.45, 2.75) is 25.9 Å². The van der Waals surface area contributed by atoms with Crippen LogP contribution in [0.15, 0.2) is 60.7 Å². The predicted molar refractivity (Wildman–Crippen MR) is 75.8 cm³/mol. The Hall–Kier alpha value is -1.64. The lowest BCUT2D eigenvalue weighted by Gasteiger charge is -2.24. The highest BCUT2D eigenvalue weighted by Gasteiger charge is 2.10. The maximum Gasteiger partial charge on any atom is 0.0382 e. The molecule has 0 amide bonds. The van der Waals surface area contributed by atoms with Gasteiger partial charge in [-0.05, 0) is 24.5 Å². The van der Waals surface area contributed by atoms with Crippen LogP contribution < -0.4 is 5.84 Å². The van der Waals surface area contributed by atoms with Gasteiger partial charge in [-0.2, -0.15) is 0 Å². The van der Waals surface area contributed by atoms with Gasteiger partial charge in [0.05, 0.1) is 0 Å². The number of hydrazine groups is 1. The minimum absolute atomic E-state index is 0.326. The summed E-state index contributed by atoms with van der Waals surface area (Å²) in [5.41, 5.74) is 2.58. The molecule has 2 rings (SSSR count). The lowest BCUT2D eigenvalue weighted by Crippen LogP contribution is -2.39. The van der Waals surface area contributed by atoms with Gasteiger partial charge in [0, 0.05) is 12.6 Å². The highest BCUT2D eigenvalue weighted by atomic mass is 15.4. The van der Waals surface area contributed by atoms with Crippen LogP contribution in [0.1, 0.15) is 18.1 Å². The summed E-state index contributed by atoms with van der Waals surface area (Å²) in [6.07, 6.45) is 0.976. The zero-order valence-electron chi connectivity index (χ0n) is 10.8. The van der Waals surface area contributed by atoms with E-state index < -0.39 is 0 Å². The molecule has 1 atom stereocenters. The molecule has 1 unspecified atom stereocenters. The Morgan fingerprint density at radius 1 is 0.889 bits per heavy atom. The minimum atomic E-state index is 0.326. The molecule has 2 N–H and O–H groups in total. The van der Waals surface area contributed by atoms with Gasteiger partial charge in [-0.3, -0.25) is 5.84 Å². The molecule has 94 valence electrons. The van der Waals surface area contributed by atoms with E-state index in [1.165, 1.54) is 11.1 Å². The molecule has 0 aromatic heterocycles. The van der Waals surface area contributed by atoms with Crippen molar-refractivity contribution in [1.82, 2.24) is 5.01 Å². The van der Waals surface area contributed by atoms with Gasteiger partial charge >= 0.3 is 0 Å². The molecule has 0 radical (unpaired) electrons. The molecule has 18 heavy (non-hydrogen) atoms. The van der Waals surface area contributed by atoms with E-state index in [9.17, 15) is 0 Å². The average molecular weight is 240 g/mol. The SMILES string of the molecule is CC(Cc1ccccc1)N(N)Cc1ccccc1. The Morgan fingerprint density at radius 3 is 1.94 bits per heavy atom. The van der Waals surface area contributed by atoms with Crippen molar-refractivity contribution >= 4 is 0 Å². The van der Waals surface area contributed by atoms with Crippen molar-refractivity contribution in [2.75, 3.05) is 0 Å². The monoisotopic (exact) mass is 240 g/mol. The maximum atomic E-state index is 6.13. The second-order valence-corrected chi connectivity index (χ2v) is 4.70. The van der Waals surface area contributed by atoms with Crippen LogP contribution in [0.2, 0.25) is 0 Å². The van der Waals surface area contributed by atoms with E-state index >= 15 is 0 Å². The van der Waals surface area contributed by atoms with Crippen LogP contribution in [0, 0.1) is 0 Å². The molecular weight excluding hydrogens is 220 g/mol. The van der Waals surface area contributed by atoms with Gasteiger partial charge in [-0.25, -0.2) is 5.01 Å². The van der Waals surface area contributed by atoms with E-state index in [1.54, 1.807) is 0 Å². The van der Waals surface area contributed by atoms with E-state index in [2.05, 4.69) is 43.3 Å². The van der Waals surface area contributed by atoms with Crippen molar-refractivity contribution in [3.05, 3.63) is 71.8 Å². The fourth-order valence-electron chi connectivity index (χ4n) is 2.02. The summed E-state index contributed by atoms with van der Waals surface area (Å²) < 4.78 is 0. The zero-order valence-corrected chi connectivity index (χ0v) is 10.8. The summed E-state index contributed by atoms with van der Waals surface area (Å²) in [5, 5.41) is 1.91. The van der Waals surface area contributed by atoms with Crippen LogP contribution >= 0.6 is 0 Å². The second-order valence-electron chi connectivity index (χ2n) is 4.70. The number of nitrogens with zero attached hydrogens (tertiary/aromatic N) is 1. The molecule has 0 aliphatic carbocycles. The quantitative estimate of drug-likeness (QED) is 0.643. The van der Waals surface area contributed by atoms with E-state index in [0.717, 1.165) is 13.0 Å². The van der Waals surface area contributed by atoms with E-state index in [4.69, 9.17) is 5.84 Å². The molecule has 2 nitrogen and oxygen atoms in total. The van der Waals surface area contributed by atoms with Gasteiger partial charge in [-0.15, -0.1) is 0 Å². The first-order valence-electron chi connectivity index (χ1n) is 6.35. The van der Waals surface area contributed by atoms with Gasteiger partial charge in [0.1, 0.15) is 0 Å². The molecule has 0 fully saturated rings. The summed E-state index contributed by atoms with van der Waals surface area (Å²) in [6.45, 7) is 2.95. The molecule has 0 bridgehead atoms. The number of rotatable bonds is 5. The van der Waals surface area contributed by atoms with Crippen LogP contribution in [0.4, 0.5) is 0 Å². The number of hydrogen-bond acceptors (Lipinski definition) is 2. The summed E-state index contributed by atoms with van der Waals surface area (Å²) in [5.74, 6) is 6.13. The third kappa shape index (κ3) is 3.69. The molecule has 0 heterocycles. The molecular formula is C16H20N2. The number of hydrogen-bond donors (Lipinski definition) is 1. The third-order valence-electron chi connectivity index (χ3n) is 3.15. The van der Waals surface area contributed by atoms with Gasteiger partial charge in [0.25, 0.3) is 0 Å². The Kier molecular flexibility index (Phi) is 4.51. The summed E-state index contributed by atoms with van der Waals surface area (Å²) in [4.78, 5) is 0. The van der Waals surface area contributed by atoms with Crippen LogP contribution in [-0.4, -0.2) is 11.1 Å². The molecule has 0 aliphatic rings. The highest BCUT2D eigenvalue weighted by molar-refractivity contribution is 5.17. The van der Waals surface area contributed by atoms with E-state index in [0.29, 0.717) is 6.04 Å². The van der Waals surface area contributed by atoms with Crippen LogP contribution in [-0.2, 0) is 13.0 Å². The van der Waals surface area contributed by atoms with Gasteiger partial charge in [0.2, 0.25) is 0 Å². The van der Waals surface area contributed by atoms with Crippen molar-refractivity contribution < 1.29 is 0 Å². The van der Waals surface area contributed by atoms with Gasteiger partial charge < -0.3 is 0 Å². The topological polar surface area (TPSA) is 29.3 Å². The normalized spacial score (nSPS) is 12.6. The lowest BCUT2D eigenvalue weighted by molar-refractivity contribution is 0.203. The summed E-state index contributed by atoms with van der Waals surface area (Å²) >= 11 is 0. The Bertz CT molecular complexity index is 408. The van der Waals surface area contributed by atoms with E-state index in [-0.39, 0.29) is 0 Å². The first-order valence-corrected chi connectivity index (χ1v) is 6.35. The van der Waals surface area contributed by atoms with Gasteiger partial charge in [0.15, 0.2) is 0 Å². The third-order valence-corrected chi connectivity index (χ3v) is 3.15. The van der Waals surface area contributed by atoms with Crippen molar-refractivity contribution in [1.29, 1.82) is 0 Å². The minimum Gasteiger partial charge on any atom is -0.268 e. The number of nitrogens with two attached hydrogens (primary N) is 1. The molecule has 0 spiro atoms. The first-order chi connectivity index (χ1) is 8.75. The Morgan fingerprint density at radius 2 is 1.39 bits per heavy atom. The summed E-state index contributed by atoms with van der Waals surface area (Å²) in [7, 11) is 0. The van der Waals surface area contributed by atoms with Gasteiger partial charge in [-0.1, -0.05) is 60.7 Å². The largest absolute Gasteiger partial charge is 0.268 e. The van der Waals surface area contributed by atoms with E-state index in [1.807, 2.05) is 29.3 Å². The van der Waals surface area contributed by atoms with Crippen LogP contribution in [0.25, 0.3) is 0 Å². The predicted octanol–water partition coefficient (Wildman–Crippen LogP) is 2.99. The lowest BCUT2D eigenvalue weighted by atomic mass is 10.1. The van der Waals surface area contributed by atoms with Crippen molar-refractivity contribution in [3.8, 4) is 0 Å². The zero-order chi connectivity index (χ0) is 12.8.